The van der Waals surface area contributed by atoms with Crippen LogP contribution in [-0.4, -0.2) is 11.0 Å². The predicted molar refractivity (Wildman–Crippen MR) is 35.9 cm³/mol. The first-order chi connectivity index (χ1) is 3.80. The molecule has 1 aliphatic rings. The second kappa shape index (κ2) is 2.44. The molecule has 0 aromatic carbocycles. The molecule has 0 radical (unpaired) electrons. The van der Waals surface area contributed by atoms with Crippen molar-refractivity contribution in [2.75, 3.05) is 0 Å². The summed E-state index contributed by atoms with van der Waals surface area (Å²) in [5.74, 6) is 0. The van der Waals surface area contributed by atoms with Gasteiger partial charge in [-0.15, -0.1) is 0 Å². The number of halogens is 2. The summed E-state index contributed by atoms with van der Waals surface area (Å²) in [5, 5.41) is 0. The van der Waals surface area contributed by atoms with Crippen molar-refractivity contribution in [2.24, 2.45) is 0 Å². The van der Waals surface area contributed by atoms with E-state index in [1.807, 2.05) is 6.08 Å². The second-order valence-electron chi connectivity index (χ2n) is 1.66. The lowest BCUT2D eigenvalue weighted by molar-refractivity contribution is 0.411. The van der Waals surface area contributed by atoms with Crippen LogP contribution in [0.25, 0.3) is 0 Å². The molecule has 0 amide bonds. The highest BCUT2D eigenvalue weighted by Crippen LogP contribution is 2.15. The molecule has 1 rings (SSSR count). The van der Waals surface area contributed by atoms with Crippen molar-refractivity contribution in [3.63, 3.8) is 0 Å². The Morgan fingerprint density at radius 2 is 1.88 bits per heavy atom. The SMILES string of the molecule is FC1C=CC=C[C@@H]1Br. The summed E-state index contributed by atoms with van der Waals surface area (Å²) in [7, 11) is 0. The van der Waals surface area contributed by atoms with E-state index >= 15 is 0 Å². The van der Waals surface area contributed by atoms with Crippen molar-refractivity contribution in [1.29, 1.82) is 0 Å². The van der Waals surface area contributed by atoms with Crippen molar-refractivity contribution in [1.82, 2.24) is 0 Å². The van der Waals surface area contributed by atoms with Crippen LogP contribution in [0.3, 0.4) is 0 Å². The summed E-state index contributed by atoms with van der Waals surface area (Å²) in [4.78, 5) is -0.118. The van der Waals surface area contributed by atoms with Crippen LogP contribution >= 0.6 is 15.9 Å². The lowest BCUT2D eigenvalue weighted by Crippen LogP contribution is -2.11. The zero-order valence-corrected chi connectivity index (χ0v) is 5.81. The van der Waals surface area contributed by atoms with Crippen LogP contribution in [0.5, 0.6) is 0 Å². The molecule has 0 saturated heterocycles. The van der Waals surface area contributed by atoms with Gasteiger partial charge in [0.05, 0.1) is 4.83 Å². The fraction of sp³-hybridized carbons (Fsp3) is 0.333. The van der Waals surface area contributed by atoms with E-state index in [0.717, 1.165) is 0 Å². The van der Waals surface area contributed by atoms with Gasteiger partial charge in [0.25, 0.3) is 0 Å². The number of rotatable bonds is 0. The Kier molecular flexibility index (Phi) is 1.84. The third-order valence-electron chi connectivity index (χ3n) is 1.01. The number of hydrogen-bond donors (Lipinski definition) is 0. The van der Waals surface area contributed by atoms with Crippen molar-refractivity contribution in [3.05, 3.63) is 24.3 Å². The first-order valence-electron chi connectivity index (χ1n) is 2.44. The summed E-state index contributed by atoms with van der Waals surface area (Å²) >= 11 is 3.14. The Morgan fingerprint density at radius 1 is 1.25 bits per heavy atom. The highest BCUT2D eigenvalue weighted by Gasteiger charge is 2.12. The largest absolute Gasteiger partial charge is 0.241 e. The molecule has 8 heavy (non-hydrogen) atoms. The standard InChI is InChI=1S/C6H6BrF/c7-5-3-1-2-4-6(5)8/h1-6H/t5-,6?/m0/s1. The van der Waals surface area contributed by atoms with Crippen molar-refractivity contribution < 1.29 is 4.39 Å². The molecule has 0 heterocycles. The number of hydrogen-bond acceptors (Lipinski definition) is 0. The Bertz CT molecular complexity index is 112. The summed E-state index contributed by atoms with van der Waals surface area (Å²) < 4.78 is 12.4. The highest BCUT2D eigenvalue weighted by molar-refractivity contribution is 9.09. The maximum Gasteiger partial charge on any atom is 0.134 e. The van der Waals surface area contributed by atoms with Crippen LogP contribution in [0, 0.1) is 0 Å². The minimum atomic E-state index is -0.847. The molecule has 2 atom stereocenters. The molecule has 0 fully saturated rings. The molecule has 0 N–H and O–H groups in total. The van der Waals surface area contributed by atoms with Gasteiger partial charge in [-0.1, -0.05) is 34.2 Å². The average molecular weight is 177 g/mol. The zero-order chi connectivity index (χ0) is 5.98. The molecule has 0 saturated carbocycles. The third kappa shape index (κ3) is 1.19. The van der Waals surface area contributed by atoms with Crippen molar-refractivity contribution >= 4 is 15.9 Å². The van der Waals surface area contributed by atoms with Gasteiger partial charge in [-0.2, -0.15) is 0 Å². The van der Waals surface area contributed by atoms with E-state index in [9.17, 15) is 4.39 Å². The number of allylic oxidation sites excluding steroid dienone is 4. The van der Waals surface area contributed by atoms with Gasteiger partial charge in [0.1, 0.15) is 6.17 Å². The summed E-state index contributed by atoms with van der Waals surface area (Å²) in [6.07, 6.45) is 6.00. The van der Waals surface area contributed by atoms with E-state index in [0.29, 0.717) is 0 Å². The molecule has 1 unspecified atom stereocenters. The van der Waals surface area contributed by atoms with Crippen molar-refractivity contribution in [2.45, 2.75) is 11.0 Å². The molecule has 0 aromatic heterocycles. The fourth-order valence-electron chi connectivity index (χ4n) is 0.553. The molecular formula is C6H6BrF. The van der Waals surface area contributed by atoms with Gasteiger partial charge in [-0.3, -0.25) is 0 Å². The lowest BCUT2D eigenvalue weighted by Gasteiger charge is -2.08. The summed E-state index contributed by atoms with van der Waals surface area (Å²) in [6.45, 7) is 0. The van der Waals surface area contributed by atoms with Gasteiger partial charge in [0.15, 0.2) is 0 Å². The normalized spacial score (nSPS) is 35.8. The molecule has 44 valence electrons. The minimum absolute atomic E-state index is 0.118. The van der Waals surface area contributed by atoms with Crippen LogP contribution in [0.4, 0.5) is 4.39 Å². The van der Waals surface area contributed by atoms with Crippen LogP contribution in [-0.2, 0) is 0 Å². The van der Waals surface area contributed by atoms with Gasteiger partial charge in [-0.25, -0.2) is 4.39 Å². The smallest absolute Gasteiger partial charge is 0.134 e. The van der Waals surface area contributed by atoms with Gasteiger partial charge in [0.2, 0.25) is 0 Å². The van der Waals surface area contributed by atoms with Crippen LogP contribution in [0.1, 0.15) is 0 Å². The zero-order valence-electron chi connectivity index (χ0n) is 4.22. The van der Waals surface area contributed by atoms with Gasteiger partial charge >= 0.3 is 0 Å². The molecule has 0 aliphatic heterocycles. The molecule has 0 aromatic rings. The summed E-state index contributed by atoms with van der Waals surface area (Å²) in [6, 6.07) is 0. The molecular weight excluding hydrogens is 171 g/mol. The Labute approximate surface area is 56.2 Å². The van der Waals surface area contributed by atoms with E-state index in [-0.39, 0.29) is 4.83 Å². The first-order valence-corrected chi connectivity index (χ1v) is 3.35. The third-order valence-corrected chi connectivity index (χ3v) is 1.82. The fourth-order valence-corrected chi connectivity index (χ4v) is 0.905. The van der Waals surface area contributed by atoms with E-state index in [1.165, 1.54) is 6.08 Å². The Balaban J connectivity index is 2.59. The maximum absolute atomic E-state index is 12.4. The van der Waals surface area contributed by atoms with Crippen LogP contribution < -0.4 is 0 Å². The van der Waals surface area contributed by atoms with Gasteiger partial charge in [0, 0.05) is 0 Å². The number of alkyl halides is 2. The van der Waals surface area contributed by atoms with Gasteiger partial charge < -0.3 is 0 Å². The molecule has 0 nitrogen and oxygen atoms in total. The molecule has 0 spiro atoms. The first kappa shape index (κ1) is 6.02. The van der Waals surface area contributed by atoms with Crippen LogP contribution in [0.15, 0.2) is 24.3 Å². The molecule has 2 heteroatoms. The minimum Gasteiger partial charge on any atom is -0.241 e. The molecule has 0 bridgehead atoms. The average Bonchev–Trinajstić information content (AvgIpc) is 1.77. The van der Waals surface area contributed by atoms with E-state index in [4.69, 9.17) is 0 Å². The predicted octanol–water partition coefficient (Wildman–Crippen LogP) is 2.21. The maximum atomic E-state index is 12.4. The Hall–Kier alpha value is -0.110. The monoisotopic (exact) mass is 176 g/mol. The Morgan fingerprint density at radius 3 is 2.25 bits per heavy atom. The van der Waals surface area contributed by atoms with E-state index < -0.39 is 6.17 Å². The van der Waals surface area contributed by atoms with Crippen LogP contribution in [0.2, 0.25) is 0 Å². The second-order valence-corrected chi connectivity index (χ2v) is 2.72. The van der Waals surface area contributed by atoms with E-state index in [1.54, 1.807) is 12.2 Å². The quantitative estimate of drug-likeness (QED) is 0.497. The lowest BCUT2D eigenvalue weighted by atomic mass is 10.2. The van der Waals surface area contributed by atoms with Crippen molar-refractivity contribution in [3.8, 4) is 0 Å². The summed E-state index contributed by atoms with van der Waals surface area (Å²) in [5.41, 5.74) is 0. The highest BCUT2D eigenvalue weighted by atomic mass is 79.9. The van der Waals surface area contributed by atoms with Gasteiger partial charge in [-0.05, 0) is 6.08 Å². The topological polar surface area (TPSA) is 0 Å². The van der Waals surface area contributed by atoms with E-state index in [2.05, 4.69) is 15.9 Å². The molecule has 1 aliphatic carbocycles.